The molecule has 2 aromatic heterocycles. The van der Waals surface area contributed by atoms with Crippen molar-refractivity contribution >= 4 is 28.2 Å². The van der Waals surface area contributed by atoms with Crippen molar-refractivity contribution in [2.24, 2.45) is 4.99 Å². The predicted molar refractivity (Wildman–Crippen MR) is 139 cm³/mol. The van der Waals surface area contributed by atoms with Crippen molar-refractivity contribution in [3.8, 4) is 11.3 Å². The number of likely N-dealkylation sites (N-methyl/N-ethyl adjacent to an activating group) is 1. The van der Waals surface area contributed by atoms with Gasteiger partial charge in [-0.3, -0.25) is 24.4 Å². The molecule has 0 aliphatic rings. The molecule has 3 rings (SSSR count). The van der Waals surface area contributed by atoms with Gasteiger partial charge < -0.3 is 14.2 Å². The van der Waals surface area contributed by atoms with Crippen molar-refractivity contribution < 1.29 is 4.74 Å². The molecule has 1 N–H and O–H groups in total. The number of nitrogens with zero attached hydrogens (tertiary/aromatic N) is 4. The molecule has 3 aromatic rings. The highest BCUT2D eigenvalue weighted by Crippen LogP contribution is 2.26. The van der Waals surface area contributed by atoms with Gasteiger partial charge in [-0.05, 0) is 37.7 Å². The minimum absolute atomic E-state index is 0.160. The molecule has 0 unspecified atom stereocenters. The number of halogens is 1. The zero-order valence-corrected chi connectivity index (χ0v) is 20.9. The van der Waals surface area contributed by atoms with Crippen LogP contribution < -0.4 is 11.1 Å². The Hall–Kier alpha value is -2.94. The van der Waals surface area contributed by atoms with Crippen LogP contribution in [0.15, 0.2) is 57.1 Å². The Labute approximate surface area is 204 Å². The molecule has 0 saturated heterocycles. The lowest BCUT2D eigenvalue weighted by atomic mass is 10.1. The van der Waals surface area contributed by atoms with Crippen molar-refractivity contribution in [3.63, 3.8) is 0 Å². The van der Waals surface area contributed by atoms with Crippen LogP contribution in [0.1, 0.15) is 13.3 Å². The zero-order valence-electron chi connectivity index (χ0n) is 20.2. The second-order valence-electron chi connectivity index (χ2n) is 8.11. The average Bonchev–Trinajstić information content (AvgIpc) is 3.14. The first-order valence-corrected chi connectivity index (χ1v) is 11.7. The summed E-state index contributed by atoms with van der Waals surface area (Å²) in [7, 11) is 5.38. The van der Waals surface area contributed by atoms with E-state index in [0.29, 0.717) is 54.3 Å². The van der Waals surface area contributed by atoms with Crippen molar-refractivity contribution in [1.29, 1.82) is 0 Å². The smallest absolute Gasteiger partial charge is 0.276 e. The molecule has 0 bridgehead atoms. The molecular formula is C25H32ClN5O3. The summed E-state index contributed by atoms with van der Waals surface area (Å²) in [6.45, 7) is 4.84. The van der Waals surface area contributed by atoms with Crippen LogP contribution in [-0.4, -0.2) is 65.9 Å². The van der Waals surface area contributed by atoms with E-state index in [-0.39, 0.29) is 11.1 Å². The fourth-order valence-electron chi connectivity index (χ4n) is 3.89. The highest BCUT2D eigenvalue weighted by atomic mass is 35.5. The number of aromatic nitrogens is 3. The quantitative estimate of drug-likeness (QED) is 0.422. The lowest BCUT2D eigenvalue weighted by Gasteiger charge is -2.15. The van der Waals surface area contributed by atoms with E-state index in [2.05, 4.69) is 15.0 Å². The number of hydrogen-bond acceptors (Lipinski definition) is 5. The first-order valence-electron chi connectivity index (χ1n) is 11.3. The van der Waals surface area contributed by atoms with Crippen LogP contribution in [0.4, 0.5) is 0 Å². The number of hydrogen-bond donors (Lipinski definition) is 1. The fraction of sp³-hybridized carbons (Fsp3) is 0.400. The Morgan fingerprint density at radius 2 is 1.94 bits per heavy atom. The summed E-state index contributed by atoms with van der Waals surface area (Å²) in [6, 6.07) is 8.70. The molecule has 1 aromatic carbocycles. The molecule has 0 fully saturated rings. The van der Waals surface area contributed by atoms with Crippen molar-refractivity contribution in [2.75, 3.05) is 40.9 Å². The number of rotatable bonds is 11. The van der Waals surface area contributed by atoms with Gasteiger partial charge >= 0.3 is 0 Å². The molecule has 34 heavy (non-hydrogen) atoms. The molecule has 2 heterocycles. The summed E-state index contributed by atoms with van der Waals surface area (Å²) >= 11 is 6.11. The maximum Gasteiger partial charge on any atom is 0.276 e. The molecule has 0 radical (unpaired) electrons. The molecule has 9 heteroatoms. The Kier molecular flexibility index (Phi) is 9.04. The monoisotopic (exact) mass is 485 g/mol. The Morgan fingerprint density at radius 3 is 2.59 bits per heavy atom. The third-order valence-electron chi connectivity index (χ3n) is 5.76. The second kappa shape index (κ2) is 12.0. The minimum atomic E-state index is -0.181. The number of methoxy groups -OCH3 is 1. The van der Waals surface area contributed by atoms with E-state index in [0.717, 1.165) is 17.8 Å². The lowest BCUT2D eigenvalue weighted by molar-refractivity contribution is 0.158. The summed E-state index contributed by atoms with van der Waals surface area (Å²) in [5.41, 5.74) is 2.40. The number of pyridine rings is 1. The summed E-state index contributed by atoms with van der Waals surface area (Å²) < 4.78 is 8.34. The summed E-state index contributed by atoms with van der Waals surface area (Å²) in [5, 5.41) is 4.21. The van der Waals surface area contributed by atoms with Crippen LogP contribution in [0.3, 0.4) is 0 Å². The number of aromatic amines is 1. The number of H-pyrrole nitrogens is 1. The van der Waals surface area contributed by atoms with Gasteiger partial charge in [-0.25, -0.2) is 0 Å². The van der Waals surface area contributed by atoms with E-state index >= 15 is 0 Å². The number of aliphatic imine (C=N–C) groups is 1. The molecule has 0 atom stereocenters. The molecule has 0 aliphatic carbocycles. The number of ether oxygens (including phenoxy) is 1. The molecule has 8 nitrogen and oxygen atoms in total. The normalized spacial score (nSPS) is 12.5. The molecule has 182 valence electrons. The van der Waals surface area contributed by atoms with E-state index in [1.807, 2.05) is 38.3 Å². The standard InChI is InChI=1S/C25H32ClN5O3/c1-5-6-20(27-2)11-12-30-22(32)17-21-23(24(30)18-7-9-19(26)10-8-18)25(33)31(28-21)14-13-29(3)15-16-34-4/h5-10,17,28H,11-16H2,1-4H3/b6-5-,27-20?. The Balaban J connectivity index is 2.10. The van der Waals surface area contributed by atoms with E-state index in [9.17, 15) is 9.59 Å². The number of allylic oxidation sites excluding steroid dienone is 2. The molecule has 0 amide bonds. The van der Waals surface area contributed by atoms with Crippen LogP contribution >= 0.6 is 11.6 Å². The Bertz CT molecular complexity index is 1280. The van der Waals surface area contributed by atoms with Crippen LogP contribution in [0.2, 0.25) is 5.02 Å². The van der Waals surface area contributed by atoms with Crippen molar-refractivity contribution in [3.05, 3.63) is 68.2 Å². The minimum Gasteiger partial charge on any atom is -0.383 e. The molecule has 0 spiro atoms. The number of fused-ring (bicyclic) bond motifs is 1. The highest BCUT2D eigenvalue weighted by molar-refractivity contribution is 6.30. The van der Waals surface area contributed by atoms with Gasteiger partial charge in [0.15, 0.2) is 0 Å². The topological polar surface area (TPSA) is 84.6 Å². The van der Waals surface area contributed by atoms with E-state index < -0.39 is 0 Å². The molecule has 0 saturated carbocycles. The maximum atomic E-state index is 13.5. The number of nitrogens with one attached hydrogen (secondary N) is 1. The van der Waals surface area contributed by atoms with Crippen molar-refractivity contribution in [2.45, 2.75) is 26.4 Å². The SMILES string of the molecule is C/C=C\C(CCn1c(-c2ccc(Cl)cc2)c2c(=O)n(CCN(C)CCOC)[nH]c2cc1=O)=NC. The zero-order chi connectivity index (χ0) is 24.7. The van der Waals surface area contributed by atoms with Gasteiger partial charge in [0.05, 0.1) is 29.7 Å². The van der Waals surface area contributed by atoms with Crippen LogP contribution in [0.25, 0.3) is 22.2 Å². The van der Waals surface area contributed by atoms with Crippen LogP contribution in [-0.2, 0) is 17.8 Å². The highest BCUT2D eigenvalue weighted by Gasteiger charge is 2.19. The van der Waals surface area contributed by atoms with Gasteiger partial charge in [0.1, 0.15) is 0 Å². The number of benzene rings is 1. The third-order valence-corrected chi connectivity index (χ3v) is 6.01. The van der Waals surface area contributed by atoms with Gasteiger partial charge in [-0.1, -0.05) is 29.8 Å². The summed E-state index contributed by atoms with van der Waals surface area (Å²) in [5.74, 6) is 0. The third kappa shape index (κ3) is 5.94. The van der Waals surface area contributed by atoms with Gasteiger partial charge in [0.2, 0.25) is 0 Å². The van der Waals surface area contributed by atoms with E-state index in [4.69, 9.17) is 16.3 Å². The van der Waals surface area contributed by atoms with Gasteiger partial charge in [-0.15, -0.1) is 0 Å². The van der Waals surface area contributed by atoms with E-state index in [1.165, 1.54) is 6.07 Å². The maximum absolute atomic E-state index is 13.5. The van der Waals surface area contributed by atoms with Crippen LogP contribution in [0, 0.1) is 0 Å². The molecular weight excluding hydrogens is 454 g/mol. The first kappa shape index (κ1) is 25.7. The van der Waals surface area contributed by atoms with Crippen molar-refractivity contribution in [1.82, 2.24) is 19.2 Å². The first-order chi connectivity index (χ1) is 16.4. The summed E-state index contributed by atoms with van der Waals surface area (Å²) in [6.07, 6.45) is 4.41. The van der Waals surface area contributed by atoms with E-state index in [1.54, 1.807) is 35.5 Å². The van der Waals surface area contributed by atoms with Gasteiger partial charge in [0, 0.05) is 57.0 Å². The molecule has 0 aliphatic heterocycles. The largest absolute Gasteiger partial charge is 0.383 e. The summed E-state index contributed by atoms with van der Waals surface area (Å²) in [4.78, 5) is 33.1. The van der Waals surface area contributed by atoms with Gasteiger partial charge in [-0.2, -0.15) is 0 Å². The second-order valence-corrected chi connectivity index (χ2v) is 8.54. The lowest BCUT2D eigenvalue weighted by Crippen LogP contribution is -2.30. The fourth-order valence-corrected chi connectivity index (χ4v) is 4.01. The average molecular weight is 486 g/mol. The Morgan fingerprint density at radius 1 is 1.21 bits per heavy atom. The van der Waals surface area contributed by atoms with Crippen LogP contribution in [0.5, 0.6) is 0 Å². The predicted octanol–water partition coefficient (Wildman–Crippen LogP) is 3.43. The van der Waals surface area contributed by atoms with Gasteiger partial charge in [0.25, 0.3) is 11.1 Å².